The van der Waals surface area contributed by atoms with E-state index in [0.29, 0.717) is 25.2 Å². The molecule has 0 spiro atoms. The van der Waals surface area contributed by atoms with E-state index in [0.717, 1.165) is 87.7 Å². The first-order chi connectivity index (χ1) is 22.1. The Labute approximate surface area is 286 Å². The molecular formula is C37H59N3O4S2. The molecule has 7 nitrogen and oxygen atoms in total. The van der Waals surface area contributed by atoms with Gasteiger partial charge in [-0.1, -0.05) is 102 Å². The predicted octanol–water partition coefficient (Wildman–Crippen LogP) is 6.70. The van der Waals surface area contributed by atoms with Crippen molar-refractivity contribution < 1.29 is 19.5 Å². The lowest BCUT2D eigenvalue weighted by atomic mass is 9.81. The number of amides is 3. The molecule has 4 atom stereocenters. The highest BCUT2D eigenvalue weighted by Crippen LogP contribution is 2.50. The van der Waals surface area contributed by atoms with Gasteiger partial charge in [0.15, 0.2) is 0 Å². The molecule has 3 aliphatic rings. The van der Waals surface area contributed by atoms with E-state index in [1.165, 1.54) is 6.42 Å². The van der Waals surface area contributed by atoms with Gasteiger partial charge in [0, 0.05) is 5.92 Å². The van der Waals surface area contributed by atoms with Crippen LogP contribution in [0.4, 0.5) is 0 Å². The highest BCUT2D eigenvalue weighted by atomic mass is 32.2. The Bertz CT molecular complexity index is 1100. The molecule has 0 bridgehead atoms. The Balaban J connectivity index is 1.77. The molecule has 46 heavy (non-hydrogen) atoms. The first-order valence-corrected chi connectivity index (χ1v) is 20.0. The van der Waals surface area contributed by atoms with Crippen LogP contribution in [0.5, 0.6) is 0 Å². The third-order valence-electron chi connectivity index (χ3n) is 10.2. The number of nitrogens with zero attached hydrogens (tertiary/aromatic N) is 1. The number of carbonyl (C=O) groups is 3. The standard InChI is InChI=1S/C37H59N3O4S2/c1-4-20-37(45-21-13-22-46-37)33(41)31(25-28-16-9-6-10-17-28)40(36(44)30(38)24-27-14-7-5-8-15-27)32(23-26(2)3)35(43)39-34(42)29-18-11-12-19-29/h5,7-8,14-15,26,28-33,41H,4,6,9-13,16-25,38H2,1-3H3,(H,39,42,43)/t30-,31-,32-,33?/m0/s1. The van der Waals surface area contributed by atoms with Crippen molar-refractivity contribution in [1.29, 1.82) is 0 Å². The van der Waals surface area contributed by atoms with E-state index in [9.17, 15) is 19.5 Å². The van der Waals surface area contributed by atoms with E-state index in [-0.39, 0.29) is 23.7 Å². The fraction of sp³-hybridized carbons (Fsp3) is 0.757. The number of hydrogen-bond acceptors (Lipinski definition) is 7. The molecule has 4 N–H and O–H groups in total. The maximum absolute atomic E-state index is 14.9. The van der Waals surface area contributed by atoms with Gasteiger partial charge in [0.05, 0.1) is 22.3 Å². The fourth-order valence-corrected chi connectivity index (χ4v) is 11.5. The lowest BCUT2D eigenvalue weighted by molar-refractivity contribution is -0.150. The van der Waals surface area contributed by atoms with Gasteiger partial charge in [0.1, 0.15) is 6.04 Å². The zero-order chi connectivity index (χ0) is 33.1. The minimum atomic E-state index is -0.903. The van der Waals surface area contributed by atoms with E-state index >= 15 is 0 Å². The van der Waals surface area contributed by atoms with Crippen LogP contribution in [0.1, 0.15) is 116 Å². The van der Waals surface area contributed by atoms with Crippen molar-refractivity contribution in [2.45, 2.75) is 145 Å². The number of aliphatic hydroxyl groups excluding tert-OH is 1. The van der Waals surface area contributed by atoms with Crippen LogP contribution in [0.15, 0.2) is 30.3 Å². The summed E-state index contributed by atoms with van der Waals surface area (Å²) in [5, 5.41) is 15.4. The Kier molecular flexibility index (Phi) is 14.8. The molecular weight excluding hydrogens is 615 g/mol. The van der Waals surface area contributed by atoms with E-state index in [1.807, 2.05) is 67.7 Å². The van der Waals surface area contributed by atoms with Gasteiger partial charge >= 0.3 is 0 Å². The van der Waals surface area contributed by atoms with Crippen LogP contribution in [-0.2, 0) is 20.8 Å². The predicted molar refractivity (Wildman–Crippen MR) is 191 cm³/mol. The number of imide groups is 1. The second-order valence-electron chi connectivity index (χ2n) is 14.4. The number of carbonyl (C=O) groups excluding carboxylic acids is 3. The number of nitrogens with one attached hydrogen (secondary N) is 1. The molecule has 1 heterocycles. The molecule has 9 heteroatoms. The van der Waals surface area contributed by atoms with Crippen molar-refractivity contribution in [1.82, 2.24) is 10.2 Å². The lowest BCUT2D eigenvalue weighted by Crippen LogP contribution is -2.64. The fourth-order valence-electron chi connectivity index (χ4n) is 7.84. The van der Waals surface area contributed by atoms with Crippen molar-refractivity contribution in [3.63, 3.8) is 0 Å². The summed E-state index contributed by atoms with van der Waals surface area (Å²) in [4.78, 5) is 44.2. The highest BCUT2D eigenvalue weighted by Gasteiger charge is 2.50. The molecule has 2 aliphatic carbocycles. The maximum atomic E-state index is 14.9. The quantitative estimate of drug-likeness (QED) is 0.190. The summed E-state index contributed by atoms with van der Waals surface area (Å²) >= 11 is 3.65. The third-order valence-corrected chi connectivity index (χ3v) is 13.8. The zero-order valence-electron chi connectivity index (χ0n) is 28.5. The van der Waals surface area contributed by atoms with Gasteiger partial charge in [0.25, 0.3) is 0 Å². The van der Waals surface area contributed by atoms with Gasteiger partial charge in [-0.25, -0.2) is 0 Å². The molecule has 3 fully saturated rings. The van der Waals surface area contributed by atoms with E-state index in [1.54, 1.807) is 4.90 Å². The number of benzene rings is 1. The molecule has 1 saturated heterocycles. The average molecular weight is 674 g/mol. The van der Waals surface area contributed by atoms with Gasteiger partial charge in [-0.05, 0) is 73.9 Å². The van der Waals surface area contributed by atoms with E-state index in [4.69, 9.17) is 5.73 Å². The van der Waals surface area contributed by atoms with Crippen LogP contribution in [0.2, 0.25) is 0 Å². The Morgan fingerprint density at radius 2 is 1.61 bits per heavy atom. The van der Waals surface area contributed by atoms with Crippen LogP contribution in [-0.4, -0.2) is 67.5 Å². The van der Waals surface area contributed by atoms with Crippen LogP contribution >= 0.6 is 23.5 Å². The Morgan fingerprint density at radius 3 is 2.22 bits per heavy atom. The molecule has 258 valence electrons. The first kappa shape index (κ1) is 37.3. The van der Waals surface area contributed by atoms with Gasteiger partial charge in [-0.2, -0.15) is 0 Å². The normalized spacial score (nSPS) is 21.8. The number of rotatable bonds is 15. The SMILES string of the molecule is CCCC1(C(O)[C@H](CC2CCCCC2)N(C(=O)[C@@H](N)Cc2ccccc2)[C@@H](CC(C)C)C(=O)NC(=O)C2CCCC2)SCCCS1. The number of nitrogens with two attached hydrogens (primary N) is 1. The summed E-state index contributed by atoms with van der Waals surface area (Å²) in [5.74, 6) is 1.22. The van der Waals surface area contributed by atoms with Gasteiger partial charge in [-0.3, -0.25) is 19.7 Å². The number of thioether (sulfide) groups is 2. The summed E-state index contributed by atoms with van der Waals surface area (Å²) < 4.78 is -0.465. The molecule has 1 aliphatic heterocycles. The summed E-state index contributed by atoms with van der Waals surface area (Å²) in [5.41, 5.74) is 7.73. The van der Waals surface area contributed by atoms with Gasteiger partial charge in [0.2, 0.25) is 17.7 Å². The highest BCUT2D eigenvalue weighted by molar-refractivity contribution is 8.18. The van der Waals surface area contributed by atoms with Crippen LogP contribution in [0.25, 0.3) is 0 Å². The molecule has 0 radical (unpaired) electrons. The Hall–Kier alpha value is -1.55. The Morgan fingerprint density at radius 1 is 0.978 bits per heavy atom. The summed E-state index contributed by atoms with van der Waals surface area (Å²) in [7, 11) is 0. The molecule has 1 aromatic carbocycles. The summed E-state index contributed by atoms with van der Waals surface area (Å²) in [6.07, 6.45) is 12.5. The molecule has 1 aromatic rings. The van der Waals surface area contributed by atoms with Crippen molar-refractivity contribution in [2.75, 3.05) is 11.5 Å². The largest absolute Gasteiger partial charge is 0.389 e. The number of aliphatic hydroxyl groups is 1. The smallest absolute Gasteiger partial charge is 0.249 e. The van der Waals surface area contributed by atoms with Crippen molar-refractivity contribution in [3.05, 3.63) is 35.9 Å². The van der Waals surface area contributed by atoms with Crippen molar-refractivity contribution in [2.24, 2.45) is 23.5 Å². The molecule has 2 saturated carbocycles. The molecule has 0 aromatic heterocycles. The summed E-state index contributed by atoms with van der Waals surface area (Å²) in [6, 6.07) is 7.39. The van der Waals surface area contributed by atoms with Crippen molar-refractivity contribution in [3.8, 4) is 0 Å². The van der Waals surface area contributed by atoms with Gasteiger partial charge in [-0.15, -0.1) is 23.5 Å². The van der Waals surface area contributed by atoms with E-state index < -0.39 is 34.2 Å². The summed E-state index contributed by atoms with van der Waals surface area (Å²) in [6.45, 7) is 6.25. The van der Waals surface area contributed by atoms with Crippen molar-refractivity contribution >= 4 is 41.2 Å². The monoisotopic (exact) mass is 673 g/mol. The number of hydrogen-bond donors (Lipinski definition) is 3. The van der Waals surface area contributed by atoms with Crippen LogP contribution in [0.3, 0.4) is 0 Å². The molecule has 1 unspecified atom stereocenters. The van der Waals surface area contributed by atoms with E-state index in [2.05, 4.69) is 12.2 Å². The van der Waals surface area contributed by atoms with Crippen LogP contribution < -0.4 is 11.1 Å². The minimum absolute atomic E-state index is 0.0773. The zero-order valence-corrected chi connectivity index (χ0v) is 30.1. The van der Waals surface area contributed by atoms with Gasteiger partial charge < -0.3 is 15.7 Å². The molecule has 4 rings (SSSR count). The third kappa shape index (κ3) is 9.99. The second kappa shape index (κ2) is 18.3. The first-order valence-electron chi connectivity index (χ1n) is 18.1. The minimum Gasteiger partial charge on any atom is -0.389 e. The second-order valence-corrected chi connectivity index (χ2v) is 17.5. The van der Waals surface area contributed by atoms with Crippen LogP contribution in [0, 0.1) is 17.8 Å². The lowest BCUT2D eigenvalue weighted by Gasteiger charge is -2.49. The molecule has 3 amide bonds. The maximum Gasteiger partial charge on any atom is 0.249 e. The average Bonchev–Trinajstić information content (AvgIpc) is 3.60. The topological polar surface area (TPSA) is 113 Å².